The van der Waals surface area contributed by atoms with Crippen molar-refractivity contribution in [2.75, 3.05) is 0 Å². The van der Waals surface area contributed by atoms with E-state index in [-0.39, 0.29) is 11.3 Å². The Balaban J connectivity index is 2.54. The zero-order chi connectivity index (χ0) is 13.3. The second-order valence-corrected chi connectivity index (χ2v) is 3.59. The van der Waals surface area contributed by atoms with Gasteiger partial charge >= 0.3 is 6.18 Å². The molecule has 0 saturated carbocycles. The fraction of sp³-hybridized carbons (Fsp3) is 0.0833. The number of alkyl halides is 3. The molecule has 0 bridgehead atoms. The molecule has 0 aliphatic rings. The SMILES string of the molecule is N#Cc1cc(C(F)(F)F)[nH]c1-c1ccc(F)cc1. The lowest BCUT2D eigenvalue weighted by atomic mass is 10.1. The summed E-state index contributed by atoms with van der Waals surface area (Å²) in [6, 6.07) is 7.26. The summed E-state index contributed by atoms with van der Waals surface area (Å²) >= 11 is 0. The Morgan fingerprint density at radius 1 is 1.11 bits per heavy atom. The van der Waals surface area contributed by atoms with Gasteiger partial charge in [-0.25, -0.2) is 4.39 Å². The first-order valence-electron chi connectivity index (χ1n) is 4.88. The fourth-order valence-electron chi connectivity index (χ4n) is 1.54. The number of hydrogen-bond acceptors (Lipinski definition) is 1. The highest BCUT2D eigenvalue weighted by Crippen LogP contribution is 2.33. The predicted molar refractivity (Wildman–Crippen MR) is 55.9 cm³/mol. The number of aromatic nitrogens is 1. The molecule has 92 valence electrons. The van der Waals surface area contributed by atoms with E-state index in [1.165, 1.54) is 12.1 Å². The molecule has 0 radical (unpaired) electrons. The third-order valence-corrected chi connectivity index (χ3v) is 2.38. The summed E-state index contributed by atoms with van der Waals surface area (Å²) in [6.07, 6.45) is -4.55. The number of nitrogens with zero attached hydrogens (tertiary/aromatic N) is 1. The molecular formula is C12H6F4N2. The summed E-state index contributed by atoms with van der Waals surface area (Å²) in [7, 11) is 0. The van der Waals surface area contributed by atoms with Crippen molar-refractivity contribution in [2.45, 2.75) is 6.18 Å². The topological polar surface area (TPSA) is 39.6 Å². The number of H-pyrrole nitrogens is 1. The number of aromatic amines is 1. The number of nitriles is 1. The molecule has 2 rings (SSSR count). The van der Waals surface area contributed by atoms with Crippen LogP contribution in [0, 0.1) is 17.1 Å². The summed E-state index contributed by atoms with van der Waals surface area (Å²) in [5.74, 6) is -0.500. The lowest BCUT2D eigenvalue weighted by molar-refractivity contribution is -0.140. The Kier molecular flexibility index (Phi) is 2.83. The Morgan fingerprint density at radius 2 is 1.72 bits per heavy atom. The van der Waals surface area contributed by atoms with Crippen LogP contribution in [0.25, 0.3) is 11.3 Å². The van der Waals surface area contributed by atoms with Crippen LogP contribution < -0.4 is 0 Å². The standard InChI is InChI=1S/C12H6F4N2/c13-9-3-1-7(2-4-9)11-8(6-17)5-10(18-11)12(14,15)16/h1-5,18H. The zero-order valence-corrected chi connectivity index (χ0v) is 8.85. The van der Waals surface area contributed by atoms with Gasteiger partial charge in [0.1, 0.15) is 17.6 Å². The number of nitrogens with one attached hydrogen (secondary N) is 1. The van der Waals surface area contributed by atoms with E-state index in [9.17, 15) is 17.6 Å². The van der Waals surface area contributed by atoms with Gasteiger partial charge in [0.25, 0.3) is 0 Å². The normalized spacial score (nSPS) is 11.3. The van der Waals surface area contributed by atoms with Crippen LogP contribution in [0.4, 0.5) is 17.6 Å². The Hall–Kier alpha value is -2.29. The van der Waals surface area contributed by atoms with Gasteiger partial charge in [0.05, 0.1) is 11.3 Å². The maximum Gasteiger partial charge on any atom is 0.431 e. The lowest BCUT2D eigenvalue weighted by Crippen LogP contribution is -2.04. The van der Waals surface area contributed by atoms with Crippen molar-refractivity contribution in [3.8, 4) is 17.3 Å². The molecule has 1 heterocycles. The zero-order valence-electron chi connectivity index (χ0n) is 8.85. The van der Waals surface area contributed by atoms with E-state index >= 15 is 0 Å². The second-order valence-electron chi connectivity index (χ2n) is 3.59. The van der Waals surface area contributed by atoms with Gasteiger partial charge in [-0.15, -0.1) is 0 Å². The van der Waals surface area contributed by atoms with Crippen molar-refractivity contribution in [1.29, 1.82) is 5.26 Å². The van der Waals surface area contributed by atoms with Gasteiger partial charge in [-0.05, 0) is 35.9 Å². The molecular weight excluding hydrogens is 248 g/mol. The van der Waals surface area contributed by atoms with Gasteiger partial charge in [0, 0.05) is 0 Å². The summed E-state index contributed by atoms with van der Waals surface area (Å²) in [5.41, 5.74) is -0.777. The molecule has 0 fully saturated rings. The predicted octanol–water partition coefficient (Wildman–Crippen LogP) is 3.71. The van der Waals surface area contributed by atoms with Gasteiger partial charge in [-0.1, -0.05) is 0 Å². The molecule has 0 atom stereocenters. The first-order valence-corrected chi connectivity index (χ1v) is 4.88. The van der Waals surface area contributed by atoms with Crippen LogP contribution in [0.3, 0.4) is 0 Å². The van der Waals surface area contributed by atoms with Crippen molar-refractivity contribution in [1.82, 2.24) is 4.98 Å². The first kappa shape index (κ1) is 12.2. The molecule has 0 aliphatic heterocycles. The third kappa shape index (κ3) is 2.20. The highest BCUT2D eigenvalue weighted by molar-refractivity contribution is 5.67. The average Bonchev–Trinajstić information content (AvgIpc) is 2.73. The van der Waals surface area contributed by atoms with Gasteiger partial charge < -0.3 is 4.98 Å². The Labute approximate surface area is 99.5 Å². The average molecular weight is 254 g/mol. The van der Waals surface area contributed by atoms with E-state index in [0.717, 1.165) is 18.2 Å². The van der Waals surface area contributed by atoms with Crippen LogP contribution in [-0.2, 0) is 6.18 Å². The molecule has 0 spiro atoms. The molecule has 2 nitrogen and oxygen atoms in total. The molecule has 0 aliphatic carbocycles. The third-order valence-electron chi connectivity index (χ3n) is 2.38. The molecule has 6 heteroatoms. The van der Waals surface area contributed by atoms with Crippen LogP contribution in [0.2, 0.25) is 0 Å². The number of halogens is 4. The second kappa shape index (κ2) is 4.18. The molecule has 0 amide bonds. The number of rotatable bonds is 1. The molecule has 0 saturated heterocycles. The van der Waals surface area contributed by atoms with Gasteiger partial charge in [0.2, 0.25) is 0 Å². The van der Waals surface area contributed by atoms with Gasteiger partial charge in [-0.2, -0.15) is 18.4 Å². The van der Waals surface area contributed by atoms with Gasteiger partial charge in [-0.3, -0.25) is 0 Å². The molecule has 18 heavy (non-hydrogen) atoms. The maximum atomic E-state index is 12.7. The Morgan fingerprint density at radius 3 is 2.22 bits per heavy atom. The molecule has 2 aromatic rings. The fourth-order valence-corrected chi connectivity index (χ4v) is 1.54. The van der Waals surface area contributed by atoms with Crippen LogP contribution in [-0.4, -0.2) is 4.98 Å². The number of benzene rings is 1. The summed E-state index contributed by atoms with van der Waals surface area (Å²) in [5, 5.41) is 8.80. The minimum atomic E-state index is -4.55. The van der Waals surface area contributed by atoms with Gasteiger partial charge in [0.15, 0.2) is 0 Å². The summed E-state index contributed by atoms with van der Waals surface area (Å²) in [6.45, 7) is 0. The van der Waals surface area contributed by atoms with Crippen LogP contribution in [0.5, 0.6) is 0 Å². The van der Waals surface area contributed by atoms with E-state index in [1.807, 2.05) is 0 Å². The van der Waals surface area contributed by atoms with Crippen molar-refractivity contribution >= 4 is 0 Å². The van der Waals surface area contributed by atoms with Crippen molar-refractivity contribution in [2.24, 2.45) is 0 Å². The maximum absolute atomic E-state index is 12.7. The summed E-state index contributed by atoms with van der Waals surface area (Å²) < 4.78 is 50.2. The minimum Gasteiger partial charge on any atom is -0.350 e. The Bertz CT molecular complexity index is 602. The molecule has 0 unspecified atom stereocenters. The van der Waals surface area contributed by atoms with E-state index in [4.69, 9.17) is 5.26 Å². The van der Waals surface area contributed by atoms with Crippen molar-refractivity contribution in [3.05, 3.63) is 47.4 Å². The van der Waals surface area contributed by atoms with E-state index in [1.54, 1.807) is 6.07 Å². The quantitative estimate of drug-likeness (QED) is 0.774. The minimum absolute atomic E-state index is 0.0322. The van der Waals surface area contributed by atoms with Crippen molar-refractivity contribution < 1.29 is 17.6 Å². The molecule has 1 aromatic heterocycles. The highest BCUT2D eigenvalue weighted by atomic mass is 19.4. The molecule has 1 N–H and O–H groups in total. The number of hydrogen-bond donors (Lipinski definition) is 1. The van der Waals surface area contributed by atoms with Crippen LogP contribution in [0.15, 0.2) is 30.3 Å². The monoisotopic (exact) mass is 254 g/mol. The largest absolute Gasteiger partial charge is 0.431 e. The van der Waals surface area contributed by atoms with Crippen LogP contribution in [0.1, 0.15) is 11.3 Å². The molecule has 1 aromatic carbocycles. The van der Waals surface area contributed by atoms with E-state index in [0.29, 0.717) is 5.56 Å². The van der Waals surface area contributed by atoms with E-state index < -0.39 is 17.7 Å². The smallest absolute Gasteiger partial charge is 0.350 e. The van der Waals surface area contributed by atoms with Crippen molar-refractivity contribution in [3.63, 3.8) is 0 Å². The van der Waals surface area contributed by atoms with E-state index in [2.05, 4.69) is 4.98 Å². The lowest BCUT2D eigenvalue weighted by Gasteiger charge is -2.02. The van der Waals surface area contributed by atoms with Crippen LogP contribution >= 0.6 is 0 Å². The summed E-state index contributed by atoms with van der Waals surface area (Å²) in [4.78, 5) is 2.14. The highest BCUT2D eigenvalue weighted by Gasteiger charge is 2.33. The first-order chi connectivity index (χ1) is 8.41.